The molecule has 0 saturated heterocycles. The van der Waals surface area contributed by atoms with E-state index in [4.69, 9.17) is 0 Å². The number of halogens is 7. The third-order valence-electron chi connectivity index (χ3n) is 2.79. The lowest BCUT2D eigenvalue weighted by Crippen LogP contribution is -2.57. The number of rotatable bonds is 3. The van der Waals surface area contributed by atoms with E-state index in [2.05, 4.69) is 11.3 Å². The summed E-state index contributed by atoms with van der Waals surface area (Å²) in [7, 11) is 0. The summed E-state index contributed by atoms with van der Waals surface area (Å²) in [6.45, 7) is 3.32. The van der Waals surface area contributed by atoms with E-state index in [1.165, 1.54) is 6.07 Å². The van der Waals surface area contributed by atoms with Gasteiger partial charge in [0.1, 0.15) is 0 Å². The molecule has 2 nitrogen and oxygen atoms in total. The van der Waals surface area contributed by atoms with Crippen molar-refractivity contribution in [3.05, 3.63) is 47.8 Å². The van der Waals surface area contributed by atoms with Crippen molar-refractivity contribution in [1.29, 1.82) is 0 Å². The number of alkyl halides is 6. The van der Waals surface area contributed by atoms with E-state index in [9.17, 15) is 35.5 Å². The van der Waals surface area contributed by atoms with Gasteiger partial charge in [-0.2, -0.15) is 30.7 Å². The second-order valence-corrected chi connectivity index (χ2v) is 4.29. The lowest BCUT2D eigenvalue weighted by molar-refractivity contribution is -0.377. The first kappa shape index (κ1) is 18.0. The molecule has 0 aliphatic carbocycles. The quantitative estimate of drug-likeness (QED) is 0.468. The van der Waals surface area contributed by atoms with Crippen molar-refractivity contribution in [3.63, 3.8) is 0 Å². The van der Waals surface area contributed by atoms with Gasteiger partial charge in [-0.25, -0.2) is 4.79 Å². The summed E-state index contributed by atoms with van der Waals surface area (Å²) in [6.07, 6.45) is -12.1. The number of esters is 1. The van der Waals surface area contributed by atoms with Gasteiger partial charge in [0.15, 0.2) is 0 Å². The van der Waals surface area contributed by atoms with Crippen molar-refractivity contribution in [2.75, 3.05) is 0 Å². The van der Waals surface area contributed by atoms with Crippen LogP contribution in [0, 0.1) is 6.92 Å². The van der Waals surface area contributed by atoms with Gasteiger partial charge in [-0.05, 0) is 12.5 Å². The molecular formula is C13H9F7O2. The molecule has 0 heterocycles. The van der Waals surface area contributed by atoms with Gasteiger partial charge < -0.3 is 4.74 Å². The number of ether oxygens (including phenoxy) is 1. The molecule has 9 heteroatoms. The first-order valence-electron chi connectivity index (χ1n) is 5.62. The Labute approximate surface area is 120 Å². The summed E-state index contributed by atoms with van der Waals surface area (Å²) in [5.74, 6) is -4.52. The van der Waals surface area contributed by atoms with Gasteiger partial charge in [-0.15, -0.1) is 0 Å². The Morgan fingerprint density at radius 3 is 1.86 bits per heavy atom. The maximum absolute atomic E-state index is 13.2. The van der Waals surface area contributed by atoms with Crippen LogP contribution in [0.25, 0.3) is 0 Å². The minimum absolute atomic E-state index is 0.436. The Morgan fingerprint density at radius 1 is 1.05 bits per heavy atom. The summed E-state index contributed by atoms with van der Waals surface area (Å²) >= 11 is 0. The Bertz CT molecular complexity index is 573. The van der Waals surface area contributed by atoms with Crippen LogP contribution in [-0.4, -0.2) is 18.3 Å². The lowest BCUT2D eigenvalue weighted by Gasteiger charge is -2.37. The minimum atomic E-state index is -6.07. The van der Waals surface area contributed by atoms with Crippen LogP contribution in [0.1, 0.15) is 11.1 Å². The Kier molecular flexibility index (Phi) is 4.59. The number of benzene rings is 1. The molecule has 0 unspecified atom stereocenters. The molecule has 0 aromatic heterocycles. The Balaban J connectivity index is 3.72. The van der Waals surface area contributed by atoms with Gasteiger partial charge >= 0.3 is 23.9 Å². The molecule has 0 radical (unpaired) electrons. The fraction of sp³-hybridized carbons (Fsp3) is 0.308. The van der Waals surface area contributed by atoms with Gasteiger partial charge in [0.2, 0.25) is 5.83 Å². The van der Waals surface area contributed by atoms with E-state index in [-0.39, 0.29) is 0 Å². The normalized spacial score (nSPS) is 12.9. The number of carbonyl (C=O) groups is 1. The highest BCUT2D eigenvalue weighted by molar-refractivity contribution is 5.85. The van der Waals surface area contributed by atoms with E-state index < -0.39 is 40.9 Å². The summed E-state index contributed by atoms with van der Waals surface area (Å²) in [4.78, 5) is 11.0. The molecule has 0 aliphatic rings. The van der Waals surface area contributed by atoms with Gasteiger partial charge in [0.25, 0.3) is 0 Å². The first-order valence-corrected chi connectivity index (χ1v) is 5.62. The molecule has 1 aromatic carbocycles. The monoisotopic (exact) mass is 330 g/mol. The molecular weight excluding hydrogens is 321 g/mol. The SMILES string of the molecule is C=C(F)C(=O)OC(c1ccccc1C)(C(F)(F)F)C(F)(F)F. The van der Waals surface area contributed by atoms with Crippen LogP contribution < -0.4 is 0 Å². The van der Waals surface area contributed by atoms with Crippen molar-refractivity contribution in [2.45, 2.75) is 24.9 Å². The van der Waals surface area contributed by atoms with Crippen LogP contribution in [-0.2, 0) is 15.1 Å². The third-order valence-corrected chi connectivity index (χ3v) is 2.79. The highest BCUT2D eigenvalue weighted by Gasteiger charge is 2.75. The van der Waals surface area contributed by atoms with Crippen LogP contribution >= 0.6 is 0 Å². The largest absolute Gasteiger partial charge is 0.442 e. The van der Waals surface area contributed by atoms with Gasteiger partial charge in [-0.3, -0.25) is 0 Å². The molecule has 0 bridgehead atoms. The molecule has 0 amide bonds. The molecule has 0 spiro atoms. The van der Waals surface area contributed by atoms with Gasteiger partial charge in [0, 0.05) is 5.56 Å². The fourth-order valence-corrected chi connectivity index (χ4v) is 1.80. The number of hydrogen-bond acceptors (Lipinski definition) is 2. The summed E-state index contributed by atoms with van der Waals surface area (Å²) in [5.41, 5.74) is -6.78. The fourth-order valence-electron chi connectivity index (χ4n) is 1.80. The van der Waals surface area contributed by atoms with Crippen molar-refractivity contribution in [1.82, 2.24) is 0 Å². The number of carbonyl (C=O) groups excluding carboxylic acids is 1. The summed E-state index contributed by atoms with van der Waals surface area (Å²) in [5, 5.41) is 0. The Hall–Kier alpha value is -2.06. The smallest absolute Gasteiger partial charge is 0.429 e. The number of hydrogen-bond donors (Lipinski definition) is 0. The van der Waals surface area contributed by atoms with Crippen molar-refractivity contribution in [3.8, 4) is 0 Å². The molecule has 0 aliphatic heterocycles. The van der Waals surface area contributed by atoms with E-state index in [1.807, 2.05) is 0 Å². The van der Waals surface area contributed by atoms with E-state index in [1.54, 1.807) is 0 Å². The molecule has 1 rings (SSSR count). The maximum atomic E-state index is 13.2. The molecule has 0 saturated carbocycles. The summed E-state index contributed by atoms with van der Waals surface area (Å²) < 4.78 is 95.4. The molecule has 0 N–H and O–H groups in total. The van der Waals surface area contributed by atoms with Crippen molar-refractivity contribution >= 4 is 5.97 Å². The topological polar surface area (TPSA) is 26.3 Å². The first-order chi connectivity index (χ1) is 9.84. The predicted molar refractivity (Wildman–Crippen MR) is 61.3 cm³/mol. The van der Waals surface area contributed by atoms with Crippen LogP contribution in [0.3, 0.4) is 0 Å². The highest BCUT2D eigenvalue weighted by atomic mass is 19.4. The molecule has 0 fully saturated rings. The second kappa shape index (κ2) is 5.62. The van der Waals surface area contributed by atoms with Gasteiger partial charge in [0.05, 0.1) is 0 Å². The molecule has 1 aromatic rings. The lowest BCUT2D eigenvalue weighted by atomic mass is 9.88. The summed E-state index contributed by atoms with van der Waals surface area (Å²) in [6, 6.07) is 3.59. The number of aryl methyl sites for hydroxylation is 1. The molecule has 122 valence electrons. The van der Waals surface area contributed by atoms with E-state index >= 15 is 0 Å². The van der Waals surface area contributed by atoms with E-state index in [0.29, 0.717) is 6.07 Å². The minimum Gasteiger partial charge on any atom is -0.429 e. The van der Waals surface area contributed by atoms with E-state index in [0.717, 1.165) is 19.1 Å². The average Bonchev–Trinajstić information content (AvgIpc) is 2.33. The second-order valence-electron chi connectivity index (χ2n) is 4.29. The molecule has 0 atom stereocenters. The predicted octanol–water partition coefficient (Wildman–Crippen LogP) is 4.34. The van der Waals surface area contributed by atoms with Crippen LogP contribution in [0.15, 0.2) is 36.7 Å². The zero-order chi connectivity index (χ0) is 17.3. The highest BCUT2D eigenvalue weighted by Crippen LogP contribution is 2.53. The van der Waals surface area contributed by atoms with Crippen LogP contribution in [0.2, 0.25) is 0 Å². The van der Waals surface area contributed by atoms with Crippen LogP contribution in [0.5, 0.6) is 0 Å². The van der Waals surface area contributed by atoms with Crippen molar-refractivity contribution < 1.29 is 40.3 Å². The Morgan fingerprint density at radius 2 is 1.50 bits per heavy atom. The zero-order valence-corrected chi connectivity index (χ0v) is 11.0. The van der Waals surface area contributed by atoms with Crippen LogP contribution in [0.4, 0.5) is 30.7 Å². The molecule has 22 heavy (non-hydrogen) atoms. The van der Waals surface area contributed by atoms with Crippen molar-refractivity contribution in [2.24, 2.45) is 0 Å². The standard InChI is InChI=1S/C13H9F7O2/c1-7-5-3-4-6-9(7)11(12(15,16)17,13(18,19)20)22-10(21)8(2)14/h3-6H,2H2,1H3. The van der Waals surface area contributed by atoms with Gasteiger partial charge in [-0.1, -0.05) is 30.8 Å². The maximum Gasteiger partial charge on any atom is 0.442 e. The average molecular weight is 330 g/mol. The zero-order valence-electron chi connectivity index (χ0n) is 11.0. The third kappa shape index (κ3) is 2.93.